The van der Waals surface area contributed by atoms with Crippen LogP contribution in [0.3, 0.4) is 0 Å². The lowest BCUT2D eigenvalue weighted by Gasteiger charge is -2.11. The Morgan fingerprint density at radius 3 is 1.67 bits per heavy atom. The van der Waals surface area contributed by atoms with Crippen molar-refractivity contribution < 1.29 is 12.3 Å². The maximum Gasteiger partial charge on any atom is 0.346 e. The molecule has 56 valence electrons. The van der Waals surface area contributed by atoms with Crippen molar-refractivity contribution in [2.24, 2.45) is 0 Å². The molecule has 0 aromatic heterocycles. The smallest absolute Gasteiger partial charge is 0.304 e. The third-order valence-corrected chi connectivity index (χ3v) is 3.71. The van der Waals surface area contributed by atoms with Crippen LogP contribution in [0.5, 0.6) is 0 Å². The first kappa shape index (κ1) is 9.42. The van der Waals surface area contributed by atoms with E-state index in [4.69, 9.17) is 10.7 Å². The van der Waals surface area contributed by atoms with Crippen molar-refractivity contribution in [1.82, 2.24) is 0 Å². The summed E-state index contributed by atoms with van der Waals surface area (Å²) in [4.78, 5) is 0. The van der Waals surface area contributed by atoms with Crippen molar-refractivity contribution >= 4 is 28.3 Å². The van der Waals surface area contributed by atoms with Gasteiger partial charge >= 0.3 is 9.33 Å². The summed E-state index contributed by atoms with van der Waals surface area (Å²) in [5.74, 6) is 0. The highest BCUT2D eigenvalue weighted by Gasteiger charge is 2.21. The van der Waals surface area contributed by atoms with Crippen molar-refractivity contribution in [3.05, 3.63) is 0 Å². The molecule has 3 nitrogen and oxygen atoms in total. The first-order valence-electron chi connectivity index (χ1n) is 2.36. The zero-order valence-corrected chi connectivity index (χ0v) is 8.08. The van der Waals surface area contributed by atoms with Gasteiger partial charge in [-0.3, -0.25) is 0 Å². The molecule has 9 heavy (non-hydrogen) atoms. The topological polar surface area (TPSA) is 43.4 Å². The van der Waals surface area contributed by atoms with Gasteiger partial charge in [-0.1, -0.05) is 0 Å². The van der Waals surface area contributed by atoms with Gasteiger partial charge in [-0.05, 0) is 19.6 Å². The monoisotopic (exact) mass is 188 g/mol. The second-order valence-electron chi connectivity index (χ2n) is 2.59. The van der Waals surface area contributed by atoms with Crippen molar-refractivity contribution in [3.8, 4) is 0 Å². The predicted octanol–water partition coefficient (Wildman–Crippen LogP) is 1.32. The highest BCUT2D eigenvalue weighted by molar-refractivity contribution is 8.10. The van der Waals surface area contributed by atoms with Gasteiger partial charge in [-0.2, -0.15) is 8.42 Å². The Hall–Kier alpha value is 0.417. The van der Waals surface area contributed by atoms with Crippen LogP contribution in [0.15, 0.2) is 0 Å². The number of hydrogen-bond acceptors (Lipinski definition) is 3. The van der Waals surface area contributed by atoms with Gasteiger partial charge in [0.1, 0.15) is 0 Å². The molecule has 0 aliphatic heterocycles. The predicted molar refractivity (Wildman–Crippen MR) is 39.2 cm³/mol. The molecule has 0 atom stereocenters. The molecule has 0 N–H and O–H groups in total. The van der Waals surface area contributed by atoms with Crippen LogP contribution in [0.1, 0.15) is 0 Å². The molecular weight excluding hydrogens is 180 g/mol. The lowest BCUT2D eigenvalue weighted by atomic mass is 11.8. The fourth-order valence-corrected chi connectivity index (χ4v) is 4.39. The second kappa shape index (κ2) is 2.57. The summed E-state index contributed by atoms with van der Waals surface area (Å²) in [6.45, 7) is 5.23. The third-order valence-electron chi connectivity index (χ3n) is 0.350. The number of hydrogen-bond donors (Lipinski definition) is 0. The van der Waals surface area contributed by atoms with Gasteiger partial charge < -0.3 is 3.87 Å². The Kier molecular flexibility index (Phi) is 2.69. The Morgan fingerprint density at radius 1 is 1.33 bits per heavy atom. The summed E-state index contributed by atoms with van der Waals surface area (Å²) in [5, 5.41) is 0. The minimum absolute atomic E-state index is 1.74. The summed E-state index contributed by atoms with van der Waals surface area (Å²) < 4.78 is 25.0. The molecule has 0 aliphatic carbocycles. The largest absolute Gasteiger partial charge is 0.346 e. The molecule has 0 aromatic rings. The van der Waals surface area contributed by atoms with E-state index in [1.54, 1.807) is 19.6 Å². The fraction of sp³-hybridized carbons (Fsp3) is 1.00. The van der Waals surface area contributed by atoms with E-state index < -0.39 is 17.6 Å². The van der Waals surface area contributed by atoms with Crippen LogP contribution in [0.4, 0.5) is 0 Å². The normalized spacial score (nSPS) is 13.8. The van der Waals surface area contributed by atoms with E-state index in [1.165, 1.54) is 0 Å². The Balaban J connectivity index is 4.07. The molecule has 0 bridgehead atoms. The van der Waals surface area contributed by atoms with E-state index in [9.17, 15) is 8.42 Å². The SMILES string of the molecule is C[Si](C)(C)OS(=O)(=O)Cl. The van der Waals surface area contributed by atoms with E-state index in [-0.39, 0.29) is 0 Å². The minimum Gasteiger partial charge on any atom is -0.304 e. The third kappa shape index (κ3) is 8.42. The zero-order valence-electron chi connectivity index (χ0n) is 5.51. The zero-order chi connectivity index (χ0) is 7.71. The molecule has 0 aliphatic rings. The van der Waals surface area contributed by atoms with Crippen molar-refractivity contribution in [1.29, 1.82) is 0 Å². The number of rotatable bonds is 2. The molecule has 0 spiro atoms. The Morgan fingerprint density at radius 2 is 1.67 bits per heavy atom. The first-order valence-corrected chi connectivity index (χ1v) is 8.00. The maximum atomic E-state index is 10.2. The minimum atomic E-state index is -3.75. The quantitative estimate of drug-likeness (QED) is 0.485. The standard InChI is InChI=1S/C3H9ClO3SSi/c1-9(2,3)7-8(4,5)6/h1-3H3. The van der Waals surface area contributed by atoms with Gasteiger partial charge in [0.2, 0.25) is 8.32 Å². The molecule has 0 heterocycles. The summed E-state index contributed by atoms with van der Waals surface area (Å²) in [5.41, 5.74) is 0. The van der Waals surface area contributed by atoms with Gasteiger partial charge in [-0.25, -0.2) is 0 Å². The summed E-state index contributed by atoms with van der Waals surface area (Å²) in [6.07, 6.45) is 0. The molecule has 0 unspecified atom stereocenters. The number of halogens is 1. The molecule has 0 radical (unpaired) electrons. The van der Waals surface area contributed by atoms with Gasteiger partial charge in [0.15, 0.2) is 0 Å². The molecule has 0 saturated carbocycles. The van der Waals surface area contributed by atoms with Crippen LogP contribution < -0.4 is 0 Å². The van der Waals surface area contributed by atoms with Crippen molar-refractivity contribution in [2.45, 2.75) is 19.6 Å². The lowest BCUT2D eigenvalue weighted by molar-refractivity contribution is 0.503. The highest BCUT2D eigenvalue weighted by Crippen LogP contribution is 2.10. The summed E-state index contributed by atoms with van der Waals surface area (Å²) >= 11 is 0. The first-order chi connectivity index (χ1) is 3.71. The molecule has 0 amide bonds. The van der Waals surface area contributed by atoms with Crippen molar-refractivity contribution in [3.63, 3.8) is 0 Å². The average Bonchev–Trinajstić information content (AvgIpc) is 1.14. The van der Waals surface area contributed by atoms with Gasteiger partial charge in [0.05, 0.1) is 0 Å². The van der Waals surface area contributed by atoms with Crippen LogP contribution in [-0.2, 0) is 13.2 Å². The average molecular weight is 189 g/mol. The summed E-state index contributed by atoms with van der Waals surface area (Å²) in [6, 6.07) is 0. The molecular formula is C3H9ClO3SSi. The van der Waals surface area contributed by atoms with E-state index in [0.29, 0.717) is 0 Å². The molecule has 0 aromatic carbocycles. The van der Waals surface area contributed by atoms with E-state index >= 15 is 0 Å². The maximum absolute atomic E-state index is 10.2. The van der Waals surface area contributed by atoms with Gasteiger partial charge in [0, 0.05) is 10.7 Å². The van der Waals surface area contributed by atoms with Crippen LogP contribution in [-0.4, -0.2) is 16.7 Å². The Bertz CT molecular complexity index is 180. The lowest BCUT2D eigenvalue weighted by Crippen LogP contribution is -2.26. The van der Waals surface area contributed by atoms with Gasteiger partial charge in [-0.15, -0.1) is 0 Å². The van der Waals surface area contributed by atoms with Crippen molar-refractivity contribution in [2.75, 3.05) is 0 Å². The second-order valence-corrected chi connectivity index (χ2v) is 9.40. The van der Waals surface area contributed by atoms with Crippen LogP contribution in [0, 0.1) is 0 Å². The van der Waals surface area contributed by atoms with Crippen LogP contribution in [0.2, 0.25) is 19.6 Å². The molecule has 0 saturated heterocycles. The molecule has 6 heteroatoms. The fourth-order valence-electron chi connectivity index (χ4n) is 0.299. The van der Waals surface area contributed by atoms with Crippen LogP contribution in [0.25, 0.3) is 0 Å². The van der Waals surface area contributed by atoms with E-state index in [2.05, 4.69) is 3.87 Å². The van der Waals surface area contributed by atoms with Crippen LogP contribution >= 0.6 is 10.7 Å². The van der Waals surface area contributed by atoms with E-state index in [1.807, 2.05) is 0 Å². The molecule has 0 fully saturated rings. The Labute approximate surface area is 60.7 Å². The van der Waals surface area contributed by atoms with E-state index in [0.717, 1.165) is 0 Å². The molecule has 0 rings (SSSR count). The highest BCUT2D eigenvalue weighted by atomic mass is 35.7. The van der Waals surface area contributed by atoms with Gasteiger partial charge in [0.25, 0.3) is 0 Å². The summed E-state index contributed by atoms with van der Waals surface area (Å²) in [7, 11) is -0.958.